The molecule has 1 saturated heterocycles. The molecule has 0 spiro atoms. The van der Waals surface area contributed by atoms with E-state index in [0.717, 1.165) is 50.4 Å². The zero-order valence-corrected chi connectivity index (χ0v) is 12.6. The van der Waals surface area contributed by atoms with Crippen LogP contribution in [0.3, 0.4) is 0 Å². The van der Waals surface area contributed by atoms with Gasteiger partial charge in [0.25, 0.3) is 0 Å². The summed E-state index contributed by atoms with van der Waals surface area (Å²) < 4.78 is 7.38. The number of aromatic nitrogens is 2. The van der Waals surface area contributed by atoms with E-state index in [1.54, 1.807) is 0 Å². The van der Waals surface area contributed by atoms with Gasteiger partial charge in [0.1, 0.15) is 5.82 Å². The summed E-state index contributed by atoms with van der Waals surface area (Å²) in [4.78, 5) is 0. The van der Waals surface area contributed by atoms with Gasteiger partial charge in [-0.15, -0.1) is 0 Å². The van der Waals surface area contributed by atoms with Crippen LogP contribution < -0.4 is 5.73 Å². The summed E-state index contributed by atoms with van der Waals surface area (Å²) in [6, 6.07) is 10.1. The molecule has 21 heavy (non-hydrogen) atoms. The average molecular weight is 285 g/mol. The van der Waals surface area contributed by atoms with Gasteiger partial charge in [-0.05, 0) is 31.4 Å². The van der Waals surface area contributed by atoms with Gasteiger partial charge in [-0.2, -0.15) is 5.10 Å². The molecule has 4 nitrogen and oxygen atoms in total. The second kappa shape index (κ2) is 6.31. The number of nitrogen functional groups attached to an aromatic ring is 1. The molecule has 2 aromatic rings. The Balaban J connectivity index is 2.02. The van der Waals surface area contributed by atoms with Crippen molar-refractivity contribution in [3.05, 3.63) is 41.6 Å². The Morgan fingerprint density at radius 2 is 1.95 bits per heavy atom. The van der Waals surface area contributed by atoms with E-state index in [1.807, 2.05) is 35.0 Å². The van der Waals surface area contributed by atoms with Gasteiger partial charge in [0.15, 0.2) is 0 Å². The van der Waals surface area contributed by atoms with Crippen LogP contribution in [0.5, 0.6) is 0 Å². The van der Waals surface area contributed by atoms with E-state index >= 15 is 0 Å². The monoisotopic (exact) mass is 285 g/mol. The quantitative estimate of drug-likeness (QED) is 0.937. The van der Waals surface area contributed by atoms with Crippen molar-refractivity contribution in [2.45, 2.75) is 38.5 Å². The third kappa shape index (κ3) is 2.81. The third-order valence-corrected chi connectivity index (χ3v) is 4.16. The molecule has 2 N–H and O–H groups in total. The van der Waals surface area contributed by atoms with Crippen molar-refractivity contribution >= 4 is 5.82 Å². The Bertz CT molecular complexity index is 586. The number of benzene rings is 1. The molecule has 1 fully saturated rings. The molecule has 4 heteroatoms. The maximum absolute atomic E-state index is 6.40. The van der Waals surface area contributed by atoms with Gasteiger partial charge < -0.3 is 10.5 Å². The van der Waals surface area contributed by atoms with Crippen LogP contribution in [0.15, 0.2) is 30.3 Å². The van der Waals surface area contributed by atoms with Crippen LogP contribution in [0.4, 0.5) is 5.82 Å². The maximum atomic E-state index is 6.40. The van der Waals surface area contributed by atoms with Crippen LogP contribution in [-0.2, 0) is 11.2 Å². The predicted molar refractivity (Wildman–Crippen MR) is 84.8 cm³/mol. The molecule has 1 aliphatic rings. The summed E-state index contributed by atoms with van der Waals surface area (Å²) in [5.41, 5.74) is 9.84. The zero-order chi connectivity index (χ0) is 14.7. The summed E-state index contributed by atoms with van der Waals surface area (Å²) in [6.45, 7) is 3.84. The SMILES string of the molecule is CCCc1c(C2CCOCC2)nn(-c2ccccc2)c1N. The minimum absolute atomic E-state index is 0.479. The Labute approximate surface area is 125 Å². The summed E-state index contributed by atoms with van der Waals surface area (Å²) in [7, 11) is 0. The van der Waals surface area contributed by atoms with Crippen molar-refractivity contribution < 1.29 is 4.74 Å². The first-order valence-corrected chi connectivity index (χ1v) is 7.81. The lowest BCUT2D eigenvalue weighted by atomic mass is 9.92. The van der Waals surface area contributed by atoms with Crippen molar-refractivity contribution in [3.63, 3.8) is 0 Å². The van der Waals surface area contributed by atoms with Crippen molar-refractivity contribution in [3.8, 4) is 5.69 Å². The van der Waals surface area contributed by atoms with E-state index in [4.69, 9.17) is 15.6 Å². The van der Waals surface area contributed by atoms with Gasteiger partial charge in [-0.25, -0.2) is 4.68 Å². The van der Waals surface area contributed by atoms with Gasteiger partial charge >= 0.3 is 0 Å². The first-order valence-electron chi connectivity index (χ1n) is 7.81. The Morgan fingerprint density at radius 3 is 2.62 bits per heavy atom. The largest absolute Gasteiger partial charge is 0.383 e. The fourth-order valence-electron chi connectivity index (χ4n) is 3.05. The summed E-state index contributed by atoms with van der Waals surface area (Å²) in [5.74, 6) is 1.28. The molecule has 1 aliphatic heterocycles. The van der Waals surface area contributed by atoms with Crippen molar-refractivity contribution in [1.29, 1.82) is 0 Å². The van der Waals surface area contributed by atoms with Crippen LogP contribution in [0.1, 0.15) is 43.4 Å². The Morgan fingerprint density at radius 1 is 1.24 bits per heavy atom. The molecule has 0 atom stereocenters. The van der Waals surface area contributed by atoms with E-state index in [1.165, 1.54) is 11.3 Å². The predicted octanol–water partition coefficient (Wildman–Crippen LogP) is 3.30. The highest BCUT2D eigenvalue weighted by Gasteiger charge is 2.25. The number of rotatable bonds is 4. The van der Waals surface area contributed by atoms with Crippen LogP contribution in [0.2, 0.25) is 0 Å². The number of hydrogen-bond donors (Lipinski definition) is 1. The molecule has 0 amide bonds. The smallest absolute Gasteiger partial charge is 0.130 e. The lowest BCUT2D eigenvalue weighted by Crippen LogP contribution is -2.15. The van der Waals surface area contributed by atoms with Gasteiger partial charge in [0.2, 0.25) is 0 Å². The molecule has 2 heterocycles. The first-order chi connectivity index (χ1) is 10.3. The molecule has 0 radical (unpaired) electrons. The third-order valence-electron chi connectivity index (χ3n) is 4.16. The van der Waals surface area contributed by atoms with Crippen LogP contribution >= 0.6 is 0 Å². The van der Waals surface area contributed by atoms with Gasteiger partial charge in [-0.1, -0.05) is 31.5 Å². The van der Waals surface area contributed by atoms with Crippen molar-refractivity contribution in [2.24, 2.45) is 0 Å². The Kier molecular flexibility index (Phi) is 4.25. The fourth-order valence-corrected chi connectivity index (χ4v) is 3.05. The summed E-state index contributed by atoms with van der Waals surface area (Å²) in [6.07, 6.45) is 4.16. The van der Waals surface area contributed by atoms with E-state index in [9.17, 15) is 0 Å². The highest BCUT2D eigenvalue weighted by Crippen LogP contribution is 2.33. The second-order valence-electron chi connectivity index (χ2n) is 5.63. The first kappa shape index (κ1) is 14.1. The number of anilines is 1. The number of ether oxygens (including phenoxy) is 1. The lowest BCUT2D eigenvalue weighted by Gasteiger charge is -2.21. The molecule has 3 rings (SSSR count). The number of hydrogen-bond acceptors (Lipinski definition) is 3. The topological polar surface area (TPSA) is 53.1 Å². The normalized spacial score (nSPS) is 16.2. The average Bonchev–Trinajstić information content (AvgIpc) is 2.87. The van der Waals surface area contributed by atoms with Crippen molar-refractivity contribution in [1.82, 2.24) is 9.78 Å². The highest BCUT2D eigenvalue weighted by molar-refractivity contribution is 5.51. The van der Waals surface area contributed by atoms with Crippen LogP contribution in [0, 0.1) is 0 Å². The number of nitrogens with zero attached hydrogens (tertiary/aromatic N) is 2. The minimum Gasteiger partial charge on any atom is -0.383 e. The lowest BCUT2D eigenvalue weighted by molar-refractivity contribution is 0.0842. The Hall–Kier alpha value is -1.81. The van der Waals surface area contributed by atoms with E-state index < -0.39 is 0 Å². The molecule has 0 bridgehead atoms. The molecule has 112 valence electrons. The molecule has 0 unspecified atom stereocenters. The number of nitrogens with two attached hydrogens (primary N) is 1. The highest BCUT2D eigenvalue weighted by atomic mass is 16.5. The second-order valence-corrected chi connectivity index (χ2v) is 5.63. The van der Waals surface area contributed by atoms with E-state index in [2.05, 4.69) is 6.92 Å². The van der Waals surface area contributed by atoms with Crippen molar-refractivity contribution in [2.75, 3.05) is 18.9 Å². The molecular formula is C17H23N3O. The van der Waals surface area contributed by atoms with Gasteiger partial charge in [0.05, 0.1) is 11.4 Å². The standard InChI is InChI=1S/C17H23N3O/c1-2-6-15-16(13-9-11-21-12-10-13)19-20(17(15)18)14-7-4-3-5-8-14/h3-5,7-8,13H,2,6,9-12,18H2,1H3. The fraction of sp³-hybridized carbons (Fsp3) is 0.471. The van der Waals surface area contributed by atoms with E-state index in [0.29, 0.717) is 5.92 Å². The van der Waals surface area contributed by atoms with E-state index in [-0.39, 0.29) is 0 Å². The summed E-state index contributed by atoms with van der Waals surface area (Å²) in [5, 5.41) is 4.86. The zero-order valence-electron chi connectivity index (χ0n) is 12.6. The molecule has 1 aromatic carbocycles. The molecular weight excluding hydrogens is 262 g/mol. The van der Waals surface area contributed by atoms with Gasteiger partial charge in [0, 0.05) is 24.7 Å². The summed E-state index contributed by atoms with van der Waals surface area (Å²) >= 11 is 0. The van der Waals surface area contributed by atoms with Crippen LogP contribution in [-0.4, -0.2) is 23.0 Å². The maximum Gasteiger partial charge on any atom is 0.130 e. The van der Waals surface area contributed by atoms with Gasteiger partial charge in [-0.3, -0.25) is 0 Å². The molecule has 0 saturated carbocycles. The molecule has 0 aliphatic carbocycles. The minimum atomic E-state index is 0.479. The molecule has 1 aromatic heterocycles. The number of para-hydroxylation sites is 1. The van der Waals surface area contributed by atoms with Crippen LogP contribution in [0.25, 0.3) is 5.69 Å².